The Morgan fingerprint density at radius 3 is 2.80 bits per heavy atom. The molecule has 1 saturated heterocycles. The second-order valence-corrected chi connectivity index (χ2v) is 3.52. The maximum Gasteiger partial charge on any atom is 0.235 e. The number of piperidine rings is 1. The van der Waals surface area contributed by atoms with Crippen LogP contribution in [0.25, 0.3) is 0 Å². The van der Waals surface area contributed by atoms with E-state index in [-0.39, 0.29) is 17.7 Å². The second kappa shape index (κ2) is 3.68. The smallest absolute Gasteiger partial charge is 0.235 e. The molecule has 2 rings (SSSR count). The summed E-state index contributed by atoms with van der Waals surface area (Å²) in [4.78, 5) is 26.5. The molecule has 3 N–H and O–H groups in total. The van der Waals surface area contributed by atoms with Gasteiger partial charge in [-0.2, -0.15) is 0 Å². The molecule has 0 aliphatic carbocycles. The summed E-state index contributed by atoms with van der Waals surface area (Å²) in [7, 11) is 0. The molecule has 1 aromatic rings. The van der Waals surface area contributed by atoms with Gasteiger partial charge >= 0.3 is 0 Å². The van der Waals surface area contributed by atoms with Gasteiger partial charge in [0.15, 0.2) is 0 Å². The van der Waals surface area contributed by atoms with Crippen LogP contribution in [0, 0.1) is 0 Å². The first-order valence-electron chi connectivity index (χ1n) is 4.72. The van der Waals surface area contributed by atoms with Crippen LogP contribution in [0.3, 0.4) is 0 Å². The first-order chi connectivity index (χ1) is 7.16. The van der Waals surface area contributed by atoms with Crippen LogP contribution < -0.4 is 11.1 Å². The van der Waals surface area contributed by atoms with E-state index in [2.05, 4.69) is 10.3 Å². The summed E-state index contributed by atoms with van der Waals surface area (Å²) < 4.78 is 0. The number of nitrogens with one attached hydrogen (secondary N) is 1. The van der Waals surface area contributed by atoms with Crippen LogP contribution in [0.5, 0.6) is 0 Å². The molecule has 2 heterocycles. The molecule has 0 aromatic carbocycles. The van der Waals surface area contributed by atoms with Gasteiger partial charge in [-0.1, -0.05) is 0 Å². The fourth-order valence-electron chi connectivity index (χ4n) is 1.60. The lowest BCUT2D eigenvalue weighted by atomic mass is 9.94. The highest BCUT2D eigenvalue weighted by molar-refractivity contribution is 6.00. The lowest BCUT2D eigenvalue weighted by Crippen LogP contribution is -2.39. The number of carbonyl (C=O) groups excluding carboxylic acids is 2. The molecule has 5 nitrogen and oxygen atoms in total. The zero-order valence-corrected chi connectivity index (χ0v) is 8.06. The van der Waals surface area contributed by atoms with E-state index < -0.39 is 0 Å². The van der Waals surface area contributed by atoms with E-state index in [1.54, 1.807) is 12.1 Å². The number of nitrogens with zero attached hydrogens (tertiary/aromatic N) is 1. The Kier molecular flexibility index (Phi) is 2.37. The standard InChI is InChI=1S/C10H11N3O2/c11-6-1-3-8(12-5-6)7-2-4-9(14)13-10(7)15/h1,3,5,7H,2,4,11H2,(H,13,14,15). The van der Waals surface area contributed by atoms with Gasteiger partial charge in [-0.25, -0.2) is 0 Å². The van der Waals surface area contributed by atoms with Crippen molar-refractivity contribution in [3.05, 3.63) is 24.0 Å². The summed E-state index contributed by atoms with van der Waals surface area (Å²) in [5.74, 6) is -0.821. The average molecular weight is 205 g/mol. The van der Waals surface area contributed by atoms with Gasteiger partial charge in [0, 0.05) is 6.42 Å². The molecule has 1 aliphatic rings. The van der Waals surface area contributed by atoms with Gasteiger partial charge in [0.05, 0.1) is 23.5 Å². The number of imide groups is 1. The Labute approximate surface area is 86.7 Å². The number of hydrogen-bond donors (Lipinski definition) is 2. The normalized spacial score (nSPS) is 21.2. The summed E-state index contributed by atoms with van der Waals surface area (Å²) >= 11 is 0. The van der Waals surface area contributed by atoms with E-state index in [4.69, 9.17) is 5.73 Å². The third kappa shape index (κ3) is 1.96. The number of anilines is 1. The van der Waals surface area contributed by atoms with E-state index >= 15 is 0 Å². The van der Waals surface area contributed by atoms with Crippen LogP contribution in [-0.2, 0) is 9.59 Å². The summed E-state index contributed by atoms with van der Waals surface area (Å²) in [6.07, 6.45) is 2.39. The Balaban J connectivity index is 2.20. The molecule has 5 heteroatoms. The molecule has 1 atom stereocenters. The van der Waals surface area contributed by atoms with E-state index in [0.29, 0.717) is 24.2 Å². The van der Waals surface area contributed by atoms with Crippen molar-refractivity contribution in [2.24, 2.45) is 0 Å². The maximum atomic E-state index is 11.5. The number of pyridine rings is 1. The van der Waals surface area contributed by atoms with Gasteiger partial charge in [0.2, 0.25) is 11.8 Å². The van der Waals surface area contributed by atoms with Crippen LogP contribution in [0.4, 0.5) is 5.69 Å². The molecule has 1 fully saturated rings. The molecular weight excluding hydrogens is 194 g/mol. The van der Waals surface area contributed by atoms with Gasteiger partial charge in [0.1, 0.15) is 0 Å². The lowest BCUT2D eigenvalue weighted by Gasteiger charge is -2.20. The van der Waals surface area contributed by atoms with Crippen molar-refractivity contribution in [1.82, 2.24) is 10.3 Å². The number of aromatic nitrogens is 1. The fourth-order valence-corrected chi connectivity index (χ4v) is 1.60. The average Bonchev–Trinajstić information content (AvgIpc) is 2.20. The predicted molar refractivity (Wildman–Crippen MR) is 53.8 cm³/mol. The Hall–Kier alpha value is -1.91. The topological polar surface area (TPSA) is 85.1 Å². The third-order valence-electron chi connectivity index (χ3n) is 2.41. The first-order valence-corrected chi connectivity index (χ1v) is 4.72. The summed E-state index contributed by atoms with van der Waals surface area (Å²) in [6, 6.07) is 3.42. The zero-order chi connectivity index (χ0) is 10.8. The number of carbonyl (C=O) groups is 2. The summed E-state index contributed by atoms with van der Waals surface area (Å²) in [5.41, 5.74) is 6.72. The Morgan fingerprint density at radius 2 is 2.20 bits per heavy atom. The molecule has 0 bridgehead atoms. The van der Waals surface area contributed by atoms with Gasteiger partial charge in [-0.15, -0.1) is 0 Å². The van der Waals surface area contributed by atoms with Crippen molar-refractivity contribution in [2.45, 2.75) is 18.8 Å². The van der Waals surface area contributed by atoms with E-state index in [1.807, 2.05) is 0 Å². The quantitative estimate of drug-likeness (QED) is 0.640. The number of amides is 2. The molecule has 15 heavy (non-hydrogen) atoms. The zero-order valence-electron chi connectivity index (χ0n) is 8.06. The highest BCUT2D eigenvalue weighted by atomic mass is 16.2. The fraction of sp³-hybridized carbons (Fsp3) is 0.300. The largest absolute Gasteiger partial charge is 0.397 e. The molecule has 78 valence electrons. The van der Waals surface area contributed by atoms with Crippen LogP contribution in [0.15, 0.2) is 18.3 Å². The molecule has 0 saturated carbocycles. The predicted octanol–water partition coefficient (Wildman–Crippen LogP) is 0.184. The molecule has 0 radical (unpaired) electrons. The van der Waals surface area contributed by atoms with Gasteiger partial charge in [0.25, 0.3) is 0 Å². The number of rotatable bonds is 1. The molecule has 0 spiro atoms. The minimum Gasteiger partial charge on any atom is -0.397 e. The minimum absolute atomic E-state index is 0.216. The van der Waals surface area contributed by atoms with Crippen LogP contribution in [0.1, 0.15) is 24.5 Å². The van der Waals surface area contributed by atoms with Crippen molar-refractivity contribution < 1.29 is 9.59 Å². The molecule has 1 aliphatic heterocycles. The number of nitrogen functional groups attached to an aromatic ring is 1. The molecular formula is C10H11N3O2. The summed E-state index contributed by atoms with van der Waals surface area (Å²) in [6.45, 7) is 0. The molecule has 1 unspecified atom stereocenters. The Morgan fingerprint density at radius 1 is 1.40 bits per heavy atom. The van der Waals surface area contributed by atoms with Gasteiger partial charge in [-0.05, 0) is 18.6 Å². The van der Waals surface area contributed by atoms with Crippen molar-refractivity contribution in [3.8, 4) is 0 Å². The van der Waals surface area contributed by atoms with E-state index in [9.17, 15) is 9.59 Å². The highest BCUT2D eigenvalue weighted by Gasteiger charge is 2.28. The van der Waals surface area contributed by atoms with E-state index in [0.717, 1.165) is 0 Å². The van der Waals surface area contributed by atoms with Gasteiger partial charge < -0.3 is 5.73 Å². The molecule has 2 amide bonds. The number of hydrogen-bond acceptors (Lipinski definition) is 4. The monoisotopic (exact) mass is 205 g/mol. The van der Waals surface area contributed by atoms with Crippen molar-refractivity contribution in [1.29, 1.82) is 0 Å². The summed E-state index contributed by atoms with van der Waals surface area (Å²) in [5, 5.41) is 2.29. The first kappa shape index (κ1) is 9.64. The van der Waals surface area contributed by atoms with E-state index in [1.165, 1.54) is 6.20 Å². The van der Waals surface area contributed by atoms with Crippen molar-refractivity contribution in [2.75, 3.05) is 5.73 Å². The van der Waals surface area contributed by atoms with Crippen LogP contribution >= 0.6 is 0 Å². The van der Waals surface area contributed by atoms with Crippen LogP contribution in [0.2, 0.25) is 0 Å². The number of nitrogens with two attached hydrogens (primary N) is 1. The lowest BCUT2D eigenvalue weighted by molar-refractivity contribution is -0.134. The SMILES string of the molecule is Nc1ccc(C2CCC(=O)NC2=O)nc1. The minimum atomic E-state index is -0.330. The molecule has 1 aromatic heterocycles. The van der Waals surface area contributed by atoms with Gasteiger partial charge in [-0.3, -0.25) is 19.9 Å². The highest BCUT2D eigenvalue weighted by Crippen LogP contribution is 2.23. The van der Waals surface area contributed by atoms with Crippen LogP contribution in [-0.4, -0.2) is 16.8 Å². The van der Waals surface area contributed by atoms with Crippen molar-refractivity contribution >= 4 is 17.5 Å². The maximum absolute atomic E-state index is 11.5. The van der Waals surface area contributed by atoms with Crippen molar-refractivity contribution in [3.63, 3.8) is 0 Å². The second-order valence-electron chi connectivity index (χ2n) is 3.52. The Bertz CT molecular complexity index is 400. The third-order valence-corrected chi connectivity index (χ3v) is 2.41.